The molecule has 0 aliphatic carbocycles. The minimum Gasteiger partial charge on any atom is -0.462 e. The number of rotatable bonds is 28. The molecule has 0 fully saturated rings. The van der Waals surface area contributed by atoms with E-state index in [-0.39, 0.29) is 19.0 Å². The molecule has 0 aliphatic rings. The van der Waals surface area contributed by atoms with Crippen LogP contribution in [0, 0.1) is 5.92 Å². The van der Waals surface area contributed by atoms with Crippen LogP contribution in [0.15, 0.2) is 72.9 Å². The fourth-order valence-corrected chi connectivity index (χ4v) is 4.20. The van der Waals surface area contributed by atoms with Crippen molar-refractivity contribution in [3.63, 3.8) is 0 Å². The molecule has 0 aromatic heterocycles. The second-order valence-electron chi connectivity index (χ2n) is 11.5. The van der Waals surface area contributed by atoms with Gasteiger partial charge in [0.15, 0.2) is 6.10 Å². The number of allylic oxidation sites excluding steroid dienone is 8. The molecule has 0 aromatic rings. The summed E-state index contributed by atoms with van der Waals surface area (Å²) >= 11 is 0. The number of esters is 2. The highest BCUT2D eigenvalue weighted by Gasteiger charge is 2.15. The second kappa shape index (κ2) is 31.3. The van der Waals surface area contributed by atoms with Crippen LogP contribution in [-0.2, 0) is 19.1 Å². The van der Waals surface area contributed by atoms with Crippen LogP contribution in [0.5, 0.6) is 0 Å². The van der Waals surface area contributed by atoms with Gasteiger partial charge < -0.3 is 24.8 Å². The second-order valence-corrected chi connectivity index (χ2v) is 11.5. The maximum atomic E-state index is 12.1. The zero-order valence-corrected chi connectivity index (χ0v) is 28.2. The van der Waals surface area contributed by atoms with Crippen LogP contribution in [0.1, 0.15) is 117 Å². The minimum absolute atomic E-state index is 0.132. The molecule has 0 aromatic carbocycles. The lowest BCUT2D eigenvalue weighted by Crippen LogP contribution is -2.28. The lowest BCUT2D eigenvalue weighted by Gasteiger charge is -2.15. The molecule has 0 amide bonds. The molecule has 7 heteroatoms. The van der Waals surface area contributed by atoms with Crippen molar-refractivity contribution >= 4 is 11.9 Å². The van der Waals surface area contributed by atoms with E-state index >= 15 is 0 Å². The van der Waals surface area contributed by atoms with Gasteiger partial charge in [0, 0.05) is 12.8 Å². The average Bonchev–Trinajstić information content (AvgIpc) is 3.03. The summed E-state index contributed by atoms with van der Waals surface area (Å²) < 4.78 is 10.4. The van der Waals surface area contributed by atoms with E-state index in [1.54, 1.807) is 30.4 Å². The molecular weight excluding hydrogens is 568 g/mol. The summed E-state index contributed by atoms with van der Waals surface area (Å²) in [5, 5.41) is 29.3. The largest absolute Gasteiger partial charge is 0.462 e. The highest BCUT2D eigenvalue weighted by molar-refractivity contribution is 5.70. The number of carbonyl (C=O) groups is 2. The van der Waals surface area contributed by atoms with Gasteiger partial charge in [-0.05, 0) is 44.4 Å². The predicted octanol–water partition coefficient (Wildman–Crippen LogP) is 8.02. The summed E-state index contributed by atoms with van der Waals surface area (Å²) in [6.45, 7) is 6.06. The molecule has 4 atom stereocenters. The number of carbonyl (C=O) groups excluding carboxylic acids is 2. The molecule has 0 spiro atoms. The highest BCUT2D eigenvalue weighted by Crippen LogP contribution is 2.14. The van der Waals surface area contributed by atoms with Gasteiger partial charge in [-0.2, -0.15) is 0 Å². The standard InChI is InChI=1S/C38H62O7/c1-4-6-17-25-34(40)27-20-15-16-21-28-35(41)26-19-12-8-10-14-23-30-38(43)45-36(31-39)32-44-37(42)29-22-13-9-7-11-18-24-33(3)5-2/h6,10,12,14-17,19-21,27-28,33-36,39-41H,4-5,7-9,11,13,18,22-26,29-32H2,1-3H3/b14-10-,16-15-,17-6-,19-12-,27-20+,28-21+/t33?,34-,35+,36-/m0/s1. The van der Waals surface area contributed by atoms with Gasteiger partial charge >= 0.3 is 11.9 Å². The molecule has 0 radical (unpaired) electrons. The average molecular weight is 631 g/mol. The van der Waals surface area contributed by atoms with Crippen LogP contribution >= 0.6 is 0 Å². The van der Waals surface area contributed by atoms with Crippen LogP contribution < -0.4 is 0 Å². The van der Waals surface area contributed by atoms with Crippen molar-refractivity contribution in [1.82, 2.24) is 0 Å². The first kappa shape index (κ1) is 42.3. The third-order valence-corrected chi connectivity index (χ3v) is 7.23. The molecule has 3 N–H and O–H groups in total. The van der Waals surface area contributed by atoms with E-state index < -0.39 is 30.9 Å². The molecule has 0 saturated carbocycles. The fraction of sp³-hybridized carbons (Fsp3) is 0.632. The van der Waals surface area contributed by atoms with Gasteiger partial charge in [0.1, 0.15) is 6.61 Å². The summed E-state index contributed by atoms with van der Waals surface area (Å²) in [5.41, 5.74) is 0. The van der Waals surface area contributed by atoms with Gasteiger partial charge in [-0.1, -0.05) is 139 Å². The zero-order chi connectivity index (χ0) is 33.4. The molecule has 0 heterocycles. The Hall–Kier alpha value is -2.74. The molecule has 0 rings (SSSR count). The Morgan fingerprint density at radius 1 is 0.711 bits per heavy atom. The Labute approximate surface area is 273 Å². The van der Waals surface area contributed by atoms with E-state index in [2.05, 4.69) is 20.8 Å². The van der Waals surface area contributed by atoms with Crippen molar-refractivity contribution in [2.45, 2.75) is 135 Å². The first-order chi connectivity index (χ1) is 21.8. The Morgan fingerprint density at radius 3 is 1.93 bits per heavy atom. The SMILES string of the molecule is CC/C=C\C[C@H](O)/C=C/C=C\C=C\[C@H](O)C/C=C\C/C=C\CCC(=O)O[C@@H](CO)COC(=O)CCCCCCCCC(C)CC. The number of hydrogen-bond acceptors (Lipinski definition) is 7. The number of unbranched alkanes of at least 4 members (excludes halogenated alkanes) is 5. The number of aliphatic hydroxyl groups excluding tert-OH is 3. The lowest BCUT2D eigenvalue weighted by atomic mass is 10.00. The normalized spacial score (nSPS) is 15.2. The molecule has 256 valence electrons. The third kappa shape index (κ3) is 29.7. The van der Waals surface area contributed by atoms with E-state index in [4.69, 9.17) is 9.47 Å². The summed E-state index contributed by atoms with van der Waals surface area (Å²) in [6, 6.07) is 0. The van der Waals surface area contributed by atoms with Gasteiger partial charge in [-0.15, -0.1) is 0 Å². The van der Waals surface area contributed by atoms with E-state index in [0.717, 1.165) is 31.6 Å². The Kier molecular flexibility index (Phi) is 29.3. The van der Waals surface area contributed by atoms with Crippen LogP contribution in [-0.4, -0.2) is 58.8 Å². The first-order valence-corrected chi connectivity index (χ1v) is 17.1. The fourth-order valence-electron chi connectivity index (χ4n) is 4.20. The van der Waals surface area contributed by atoms with Gasteiger partial charge in [0.2, 0.25) is 0 Å². The lowest BCUT2D eigenvalue weighted by molar-refractivity contribution is -0.161. The van der Waals surface area contributed by atoms with Crippen LogP contribution in [0.4, 0.5) is 0 Å². The number of hydrogen-bond donors (Lipinski definition) is 3. The summed E-state index contributed by atoms with van der Waals surface area (Å²) in [5.74, 6) is 0.0360. The van der Waals surface area contributed by atoms with Gasteiger partial charge in [-0.25, -0.2) is 0 Å². The van der Waals surface area contributed by atoms with E-state index in [9.17, 15) is 24.9 Å². The van der Waals surface area contributed by atoms with Crippen molar-refractivity contribution in [1.29, 1.82) is 0 Å². The minimum atomic E-state index is -0.850. The van der Waals surface area contributed by atoms with Gasteiger partial charge in [0.25, 0.3) is 0 Å². The Balaban J connectivity index is 3.95. The van der Waals surface area contributed by atoms with Crippen molar-refractivity contribution in [3.05, 3.63) is 72.9 Å². The van der Waals surface area contributed by atoms with Crippen molar-refractivity contribution in [3.8, 4) is 0 Å². The molecule has 1 unspecified atom stereocenters. The van der Waals surface area contributed by atoms with E-state index in [1.807, 2.05) is 42.5 Å². The molecule has 45 heavy (non-hydrogen) atoms. The summed E-state index contributed by atoms with van der Waals surface area (Å²) in [7, 11) is 0. The smallest absolute Gasteiger partial charge is 0.306 e. The summed E-state index contributed by atoms with van der Waals surface area (Å²) in [4.78, 5) is 24.1. The quantitative estimate of drug-likeness (QED) is 0.0347. The van der Waals surface area contributed by atoms with Crippen molar-refractivity contribution < 1.29 is 34.4 Å². The Morgan fingerprint density at radius 2 is 1.31 bits per heavy atom. The predicted molar refractivity (Wildman–Crippen MR) is 185 cm³/mol. The van der Waals surface area contributed by atoms with Crippen LogP contribution in [0.2, 0.25) is 0 Å². The van der Waals surface area contributed by atoms with Crippen molar-refractivity contribution in [2.24, 2.45) is 5.92 Å². The molecule has 7 nitrogen and oxygen atoms in total. The maximum absolute atomic E-state index is 12.1. The molecule has 0 aliphatic heterocycles. The number of aliphatic hydroxyl groups is 3. The van der Waals surface area contributed by atoms with Gasteiger partial charge in [0.05, 0.1) is 18.8 Å². The van der Waals surface area contributed by atoms with Crippen molar-refractivity contribution in [2.75, 3.05) is 13.2 Å². The molecule has 0 saturated heterocycles. The van der Waals surface area contributed by atoms with E-state index in [1.165, 1.54) is 32.1 Å². The molecular formula is C38H62O7. The molecule has 0 bridgehead atoms. The number of ether oxygens (including phenoxy) is 2. The summed E-state index contributed by atoms with van der Waals surface area (Å²) in [6.07, 6.45) is 33.3. The highest BCUT2D eigenvalue weighted by atomic mass is 16.6. The monoisotopic (exact) mass is 630 g/mol. The van der Waals surface area contributed by atoms with Gasteiger partial charge in [-0.3, -0.25) is 9.59 Å². The zero-order valence-electron chi connectivity index (χ0n) is 28.2. The Bertz CT molecular complexity index is 900. The van der Waals surface area contributed by atoms with Crippen LogP contribution in [0.25, 0.3) is 0 Å². The van der Waals surface area contributed by atoms with E-state index in [0.29, 0.717) is 32.1 Å². The maximum Gasteiger partial charge on any atom is 0.306 e. The topological polar surface area (TPSA) is 113 Å². The van der Waals surface area contributed by atoms with Crippen LogP contribution in [0.3, 0.4) is 0 Å². The first-order valence-electron chi connectivity index (χ1n) is 17.1. The third-order valence-electron chi connectivity index (χ3n) is 7.23.